The summed E-state index contributed by atoms with van der Waals surface area (Å²) >= 11 is 1.31. The van der Waals surface area contributed by atoms with Crippen LogP contribution in [0.2, 0.25) is 0 Å². The molecule has 0 fully saturated rings. The molecule has 140 valence electrons. The minimum atomic E-state index is -0.328. The molecule has 7 heteroatoms. The minimum Gasteiger partial charge on any atom is -0.497 e. The number of aryl methyl sites for hydroxylation is 2. The number of hydrogen-bond donors (Lipinski definition) is 2. The number of methoxy groups -OCH3 is 1. The first-order valence-corrected chi connectivity index (χ1v) is 9.46. The van der Waals surface area contributed by atoms with Crippen molar-refractivity contribution in [2.75, 3.05) is 12.4 Å². The summed E-state index contributed by atoms with van der Waals surface area (Å²) in [6.45, 7) is 5.85. The smallest absolute Gasteiger partial charge is 0.237 e. The second-order valence-corrected chi connectivity index (χ2v) is 7.57. The average Bonchev–Trinajstić information content (AvgIpc) is 3.12. The number of amides is 1. The number of nitrogens with one attached hydrogen (secondary N) is 2. The van der Waals surface area contributed by atoms with Crippen molar-refractivity contribution in [1.29, 1.82) is 0 Å². The predicted octanol–water partition coefficient (Wildman–Crippen LogP) is 4.22. The Bertz CT molecular complexity index is 937. The molecular formula is C20H22N4O2S. The summed E-state index contributed by atoms with van der Waals surface area (Å²) in [7, 11) is 1.63. The van der Waals surface area contributed by atoms with Crippen LogP contribution in [0.25, 0.3) is 11.4 Å². The van der Waals surface area contributed by atoms with Crippen molar-refractivity contribution < 1.29 is 9.53 Å². The zero-order chi connectivity index (χ0) is 19.4. The lowest BCUT2D eigenvalue weighted by Gasteiger charge is -2.12. The van der Waals surface area contributed by atoms with E-state index in [2.05, 4.69) is 20.5 Å². The summed E-state index contributed by atoms with van der Waals surface area (Å²) in [5, 5.41) is 10.3. The van der Waals surface area contributed by atoms with Gasteiger partial charge in [-0.15, -0.1) is 5.10 Å². The number of aromatic nitrogens is 3. The fourth-order valence-corrected chi connectivity index (χ4v) is 3.30. The number of benzene rings is 2. The summed E-state index contributed by atoms with van der Waals surface area (Å²) in [5.41, 5.74) is 3.94. The Kier molecular flexibility index (Phi) is 5.81. The maximum atomic E-state index is 12.5. The van der Waals surface area contributed by atoms with E-state index in [9.17, 15) is 4.79 Å². The van der Waals surface area contributed by atoms with Gasteiger partial charge in [0, 0.05) is 11.3 Å². The highest BCUT2D eigenvalue weighted by atomic mass is 32.2. The number of anilines is 1. The van der Waals surface area contributed by atoms with E-state index in [0.29, 0.717) is 11.0 Å². The summed E-state index contributed by atoms with van der Waals surface area (Å²) in [6.07, 6.45) is 0. The molecule has 3 aromatic rings. The fraction of sp³-hybridized carbons (Fsp3) is 0.250. The van der Waals surface area contributed by atoms with E-state index in [1.54, 1.807) is 7.11 Å². The van der Waals surface area contributed by atoms with Crippen LogP contribution in [0.5, 0.6) is 5.75 Å². The van der Waals surface area contributed by atoms with Gasteiger partial charge in [-0.05, 0) is 56.7 Å². The van der Waals surface area contributed by atoms with Crippen LogP contribution >= 0.6 is 11.8 Å². The third kappa shape index (κ3) is 4.68. The van der Waals surface area contributed by atoms with E-state index in [0.717, 1.165) is 22.6 Å². The Morgan fingerprint density at radius 3 is 2.59 bits per heavy atom. The monoisotopic (exact) mass is 382 g/mol. The van der Waals surface area contributed by atoms with Gasteiger partial charge < -0.3 is 10.1 Å². The zero-order valence-electron chi connectivity index (χ0n) is 15.7. The van der Waals surface area contributed by atoms with Crippen molar-refractivity contribution in [1.82, 2.24) is 15.2 Å². The van der Waals surface area contributed by atoms with Gasteiger partial charge in [0.25, 0.3) is 0 Å². The fourth-order valence-electron chi connectivity index (χ4n) is 2.58. The first kappa shape index (κ1) is 19.0. The van der Waals surface area contributed by atoms with Crippen LogP contribution in [0.3, 0.4) is 0 Å². The van der Waals surface area contributed by atoms with E-state index in [-0.39, 0.29) is 11.2 Å². The van der Waals surface area contributed by atoms with Crippen molar-refractivity contribution in [2.45, 2.75) is 31.2 Å². The third-order valence-corrected chi connectivity index (χ3v) is 5.08. The lowest BCUT2D eigenvalue weighted by molar-refractivity contribution is -0.115. The SMILES string of the molecule is COc1ccc(-c2nc(SC(C)C(=O)Nc3ccc(C)cc3C)n[nH]2)cc1. The van der Waals surface area contributed by atoms with E-state index < -0.39 is 0 Å². The lowest BCUT2D eigenvalue weighted by Crippen LogP contribution is -2.23. The summed E-state index contributed by atoms with van der Waals surface area (Å²) in [4.78, 5) is 17.0. The Morgan fingerprint density at radius 2 is 1.93 bits per heavy atom. The van der Waals surface area contributed by atoms with E-state index in [4.69, 9.17) is 4.74 Å². The first-order chi connectivity index (χ1) is 13.0. The lowest BCUT2D eigenvalue weighted by atomic mass is 10.1. The molecule has 3 rings (SSSR count). The Balaban J connectivity index is 1.64. The van der Waals surface area contributed by atoms with E-state index >= 15 is 0 Å². The highest BCUT2D eigenvalue weighted by Crippen LogP contribution is 2.25. The average molecular weight is 382 g/mol. The highest BCUT2D eigenvalue weighted by Gasteiger charge is 2.18. The Hall–Kier alpha value is -2.80. The maximum absolute atomic E-state index is 12.5. The first-order valence-electron chi connectivity index (χ1n) is 8.58. The van der Waals surface area contributed by atoms with Crippen molar-refractivity contribution in [2.24, 2.45) is 0 Å². The number of carbonyl (C=O) groups excluding carboxylic acids is 1. The molecule has 0 aliphatic heterocycles. The van der Waals surface area contributed by atoms with Gasteiger partial charge in [-0.1, -0.05) is 29.5 Å². The molecule has 6 nitrogen and oxygen atoms in total. The number of carbonyl (C=O) groups is 1. The number of ether oxygens (including phenoxy) is 1. The quantitative estimate of drug-likeness (QED) is 0.624. The Morgan fingerprint density at radius 1 is 1.19 bits per heavy atom. The second-order valence-electron chi connectivity index (χ2n) is 6.26. The molecular weight excluding hydrogens is 360 g/mol. The van der Waals surface area contributed by atoms with Crippen LogP contribution in [-0.2, 0) is 4.79 Å². The molecule has 0 saturated carbocycles. The molecule has 0 aliphatic rings. The van der Waals surface area contributed by atoms with Gasteiger partial charge >= 0.3 is 0 Å². The summed E-state index contributed by atoms with van der Waals surface area (Å²) < 4.78 is 5.16. The van der Waals surface area contributed by atoms with Crippen LogP contribution in [0.4, 0.5) is 5.69 Å². The molecule has 1 unspecified atom stereocenters. The summed E-state index contributed by atoms with van der Waals surface area (Å²) in [5.74, 6) is 1.36. The standard InChI is InChI=1S/C20H22N4O2S/c1-12-5-10-17(13(2)11-12)21-19(25)14(3)27-20-22-18(23-24-20)15-6-8-16(26-4)9-7-15/h5-11,14H,1-4H3,(H,21,25)(H,22,23,24). The number of thioether (sulfide) groups is 1. The van der Waals surface area contributed by atoms with Crippen molar-refractivity contribution in [3.05, 3.63) is 53.6 Å². The van der Waals surface area contributed by atoms with Gasteiger partial charge in [0.15, 0.2) is 5.82 Å². The van der Waals surface area contributed by atoms with Crippen molar-refractivity contribution >= 4 is 23.4 Å². The van der Waals surface area contributed by atoms with Gasteiger partial charge in [0.1, 0.15) is 5.75 Å². The molecule has 1 amide bonds. The van der Waals surface area contributed by atoms with Crippen LogP contribution in [0, 0.1) is 13.8 Å². The maximum Gasteiger partial charge on any atom is 0.237 e. The number of nitrogens with zero attached hydrogens (tertiary/aromatic N) is 2. The molecule has 2 aromatic carbocycles. The van der Waals surface area contributed by atoms with Crippen LogP contribution in [0.1, 0.15) is 18.1 Å². The number of rotatable bonds is 6. The van der Waals surface area contributed by atoms with Gasteiger partial charge in [-0.25, -0.2) is 4.98 Å². The van der Waals surface area contributed by atoms with Gasteiger partial charge in [-0.2, -0.15) is 0 Å². The number of H-pyrrole nitrogens is 1. The van der Waals surface area contributed by atoms with Crippen LogP contribution < -0.4 is 10.1 Å². The molecule has 0 aliphatic carbocycles. The highest BCUT2D eigenvalue weighted by molar-refractivity contribution is 8.00. The molecule has 1 aromatic heterocycles. The molecule has 2 N–H and O–H groups in total. The molecule has 0 bridgehead atoms. The number of hydrogen-bond acceptors (Lipinski definition) is 5. The molecule has 1 heterocycles. The van der Waals surface area contributed by atoms with Crippen molar-refractivity contribution in [3.63, 3.8) is 0 Å². The second kappa shape index (κ2) is 8.26. The topological polar surface area (TPSA) is 79.9 Å². The molecule has 1 atom stereocenters. The zero-order valence-corrected chi connectivity index (χ0v) is 16.6. The van der Waals surface area contributed by atoms with Crippen LogP contribution in [0.15, 0.2) is 47.6 Å². The normalized spacial score (nSPS) is 11.9. The molecule has 0 saturated heterocycles. The van der Waals surface area contributed by atoms with Gasteiger partial charge in [0.2, 0.25) is 11.1 Å². The van der Waals surface area contributed by atoms with E-state index in [1.165, 1.54) is 17.3 Å². The Labute approximate surface area is 162 Å². The molecule has 0 spiro atoms. The third-order valence-electron chi connectivity index (χ3n) is 4.12. The predicted molar refractivity (Wildman–Crippen MR) is 108 cm³/mol. The van der Waals surface area contributed by atoms with Gasteiger partial charge in [0.05, 0.1) is 12.4 Å². The van der Waals surface area contributed by atoms with Crippen LogP contribution in [-0.4, -0.2) is 33.4 Å². The molecule has 0 radical (unpaired) electrons. The van der Waals surface area contributed by atoms with E-state index in [1.807, 2.05) is 63.2 Å². The largest absolute Gasteiger partial charge is 0.497 e. The van der Waals surface area contributed by atoms with Gasteiger partial charge in [-0.3, -0.25) is 9.89 Å². The number of aromatic amines is 1. The molecule has 27 heavy (non-hydrogen) atoms. The summed E-state index contributed by atoms with van der Waals surface area (Å²) in [6, 6.07) is 13.5. The minimum absolute atomic E-state index is 0.0808. The van der Waals surface area contributed by atoms with Crippen molar-refractivity contribution in [3.8, 4) is 17.1 Å².